The SMILES string of the molecule is COc1cccc(-c2nc(CSc3nnc(C)n3C)cs2)c1OC. The van der Waals surface area contributed by atoms with Crippen molar-refractivity contribution in [1.29, 1.82) is 0 Å². The molecule has 6 nitrogen and oxygen atoms in total. The number of benzene rings is 1. The molecule has 0 atom stereocenters. The topological polar surface area (TPSA) is 62.1 Å². The van der Waals surface area contributed by atoms with Crippen LogP contribution in [0.4, 0.5) is 0 Å². The Morgan fingerprint density at radius 2 is 2.04 bits per heavy atom. The van der Waals surface area contributed by atoms with Gasteiger partial charge in [-0.3, -0.25) is 0 Å². The van der Waals surface area contributed by atoms with E-state index in [1.54, 1.807) is 37.3 Å². The summed E-state index contributed by atoms with van der Waals surface area (Å²) in [6.45, 7) is 1.94. The van der Waals surface area contributed by atoms with Gasteiger partial charge < -0.3 is 14.0 Å². The Hall–Kier alpha value is -2.06. The molecule has 0 spiro atoms. The number of thiazole rings is 1. The van der Waals surface area contributed by atoms with Crippen LogP contribution in [0.2, 0.25) is 0 Å². The monoisotopic (exact) mass is 362 g/mol. The second-order valence-electron chi connectivity index (χ2n) is 5.06. The van der Waals surface area contributed by atoms with Crippen LogP contribution in [0.3, 0.4) is 0 Å². The number of hydrogen-bond acceptors (Lipinski definition) is 7. The van der Waals surface area contributed by atoms with Gasteiger partial charge in [-0.25, -0.2) is 4.98 Å². The minimum atomic E-state index is 0.704. The lowest BCUT2D eigenvalue weighted by atomic mass is 10.2. The van der Waals surface area contributed by atoms with E-state index in [1.165, 1.54) is 0 Å². The van der Waals surface area contributed by atoms with Crippen LogP contribution in [0, 0.1) is 6.92 Å². The molecule has 126 valence electrons. The highest BCUT2D eigenvalue weighted by Crippen LogP contribution is 2.39. The third kappa shape index (κ3) is 3.25. The summed E-state index contributed by atoms with van der Waals surface area (Å²) in [5.74, 6) is 3.06. The van der Waals surface area contributed by atoms with Crippen LogP contribution in [-0.4, -0.2) is 34.0 Å². The van der Waals surface area contributed by atoms with Crippen molar-refractivity contribution in [3.8, 4) is 22.1 Å². The summed E-state index contributed by atoms with van der Waals surface area (Å²) >= 11 is 3.22. The molecule has 24 heavy (non-hydrogen) atoms. The van der Waals surface area contributed by atoms with Gasteiger partial charge in [0.15, 0.2) is 16.7 Å². The van der Waals surface area contributed by atoms with Gasteiger partial charge in [0, 0.05) is 18.2 Å². The Bertz CT molecular complexity index is 844. The molecule has 3 aromatic rings. The zero-order valence-corrected chi connectivity index (χ0v) is 15.6. The summed E-state index contributed by atoms with van der Waals surface area (Å²) in [7, 11) is 5.24. The molecule has 0 bridgehead atoms. The zero-order chi connectivity index (χ0) is 17.1. The zero-order valence-electron chi connectivity index (χ0n) is 13.9. The van der Waals surface area contributed by atoms with Crippen molar-refractivity contribution in [2.75, 3.05) is 14.2 Å². The predicted molar refractivity (Wildman–Crippen MR) is 96.0 cm³/mol. The smallest absolute Gasteiger partial charge is 0.191 e. The van der Waals surface area contributed by atoms with Crippen molar-refractivity contribution in [3.63, 3.8) is 0 Å². The molecule has 0 radical (unpaired) electrons. The maximum Gasteiger partial charge on any atom is 0.191 e. The number of methoxy groups -OCH3 is 2. The Kier molecular flexibility index (Phi) is 5.06. The second-order valence-corrected chi connectivity index (χ2v) is 6.86. The standard InChI is InChI=1S/C16H18N4O2S2/c1-10-18-19-16(20(10)2)24-9-11-8-23-15(17-11)12-6-5-7-13(21-3)14(12)22-4/h5-8H,9H2,1-4H3. The van der Waals surface area contributed by atoms with Crippen LogP contribution >= 0.6 is 23.1 Å². The summed E-state index contributed by atoms with van der Waals surface area (Å²) in [6.07, 6.45) is 0. The van der Waals surface area contributed by atoms with Crippen molar-refractivity contribution in [3.05, 3.63) is 35.1 Å². The van der Waals surface area contributed by atoms with Gasteiger partial charge in [-0.1, -0.05) is 17.8 Å². The fourth-order valence-electron chi connectivity index (χ4n) is 2.20. The first kappa shape index (κ1) is 16.8. The highest BCUT2D eigenvalue weighted by molar-refractivity contribution is 7.98. The van der Waals surface area contributed by atoms with Gasteiger partial charge in [-0.05, 0) is 19.1 Å². The molecule has 0 N–H and O–H groups in total. The van der Waals surface area contributed by atoms with Crippen LogP contribution < -0.4 is 9.47 Å². The largest absolute Gasteiger partial charge is 0.493 e. The van der Waals surface area contributed by atoms with E-state index in [-0.39, 0.29) is 0 Å². The van der Waals surface area contributed by atoms with Gasteiger partial charge in [0.1, 0.15) is 10.8 Å². The van der Waals surface area contributed by atoms with Crippen LogP contribution in [0.5, 0.6) is 11.5 Å². The van der Waals surface area contributed by atoms with E-state index in [0.29, 0.717) is 11.5 Å². The molecule has 8 heteroatoms. The number of ether oxygens (including phenoxy) is 2. The highest BCUT2D eigenvalue weighted by atomic mass is 32.2. The van der Waals surface area contributed by atoms with Crippen molar-refractivity contribution in [2.24, 2.45) is 7.05 Å². The first-order chi connectivity index (χ1) is 11.6. The lowest BCUT2D eigenvalue weighted by molar-refractivity contribution is 0.356. The Morgan fingerprint density at radius 3 is 2.71 bits per heavy atom. The van der Waals surface area contributed by atoms with Crippen molar-refractivity contribution >= 4 is 23.1 Å². The highest BCUT2D eigenvalue weighted by Gasteiger charge is 2.15. The summed E-state index contributed by atoms with van der Waals surface area (Å²) < 4.78 is 12.8. The first-order valence-corrected chi connectivity index (χ1v) is 9.15. The van der Waals surface area contributed by atoms with Crippen LogP contribution in [0.1, 0.15) is 11.5 Å². The predicted octanol–water partition coefficient (Wildman–Crippen LogP) is 3.56. The molecule has 0 aliphatic rings. The van der Waals surface area contributed by atoms with Crippen LogP contribution in [-0.2, 0) is 12.8 Å². The van der Waals surface area contributed by atoms with E-state index in [9.17, 15) is 0 Å². The molecule has 0 amide bonds. The number of rotatable bonds is 6. The van der Waals surface area contributed by atoms with Gasteiger partial charge in [-0.15, -0.1) is 21.5 Å². The molecule has 0 unspecified atom stereocenters. The minimum Gasteiger partial charge on any atom is -0.493 e. The maximum absolute atomic E-state index is 5.49. The van der Waals surface area contributed by atoms with E-state index in [1.807, 2.05) is 36.7 Å². The molecule has 0 aliphatic heterocycles. The molecular weight excluding hydrogens is 344 g/mol. The molecule has 0 fully saturated rings. The third-order valence-corrected chi connectivity index (χ3v) is 5.57. The van der Waals surface area contributed by atoms with Gasteiger partial charge in [0.25, 0.3) is 0 Å². The number of aryl methyl sites for hydroxylation is 1. The fourth-order valence-corrected chi connectivity index (χ4v) is 4.00. The molecule has 0 aliphatic carbocycles. The number of para-hydroxylation sites is 1. The Morgan fingerprint density at radius 1 is 1.21 bits per heavy atom. The van der Waals surface area contributed by atoms with Gasteiger partial charge in [-0.2, -0.15) is 0 Å². The maximum atomic E-state index is 5.49. The van der Waals surface area contributed by atoms with E-state index < -0.39 is 0 Å². The van der Waals surface area contributed by atoms with Crippen molar-refractivity contribution in [1.82, 2.24) is 19.7 Å². The van der Waals surface area contributed by atoms with Crippen LogP contribution in [0.15, 0.2) is 28.7 Å². The first-order valence-electron chi connectivity index (χ1n) is 7.28. The number of thioether (sulfide) groups is 1. The molecule has 2 heterocycles. The molecule has 0 saturated carbocycles. The fraction of sp³-hybridized carbons (Fsp3) is 0.312. The second kappa shape index (κ2) is 7.23. The quantitative estimate of drug-likeness (QED) is 0.625. The number of aromatic nitrogens is 4. The summed E-state index contributed by atoms with van der Waals surface area (Å²) in [6, 6.07) is 5.81. The lowest BCUT2D eigenvalue weighted by Gasteiger charge is -2.10. The van der Waals surface area contributed by atoms with Gasteiger partial charge in [0.2, 0.25) is 0 Å². The third-order valence-electron chi connectivity index (χ3n) is 3.59. The molecular formula is C16H18N4O2S2. The summed E-state index contributed by atoms with van der Waals surface area (Å²) in [5.41, 5.74) is 1.94. The normalized spacial score (nSPS) is 10.8. The van der Waals surface area contributed by atoms with E-state index in [0.717, 1.165) is 33.0 Å². The number of hydrogen-bond donors (Lipinski definition) is 0. The Labute approximate surface area is 148 Å². The average Bonchev–Trinajstić information content (AvgIpc) is 3.20. The van der Waals surface area contributed by atoms with E-state index >= 15 is 0 Å². The Balaban J connectivity index is 1.80. The van der Waals surface area contributed by atoms with Crippen LogP contribution in [0.25, 0.3) is 10.6 Å². The summed E-state index contributed by atoms with van der Waals surface area (Å²) in [5, 5.41) is 12.1. The molecule has 3 rings (SSSR count). The molecule has 0 saturated heterocycles. The van der Waals surface area contributed by atoms with Gasteiger partial charge >= 0.3 is 0 Å². The minimum absolute atomic E-state index is 0.704. The molecule has 2 aromatic heterocycles. The number of nitrogens with zero attached hydrogens (tertiary/aromatic N) is 4. The van der Waals surface area contributed by atoms with Crippen molar-refractivity contribution in [2.45, 2.75) is 17.8 Å². The molecule has 1 aromatic carbocycles. The average molecular weight is 362 g/mol. The van der Waals surface area contributed by atoms with E-state index in [2.05, 4.69) is 15.6 Å². The van der Waals surface area contributed by atoms with Gasteiger partial charge in [0.05, 0.1) is 25.5 Å². The summed E-state index contributed by atoms with van der Waals surface area (Å²) in [4.78, 5) is 4.72. The lowest BCUT2D eigenvalue weighted by Crippen LogP contribution is -1.94. The van der Waals surface area contributed by atoms with Crippen molar-refractivity contribution < 1.29 is 9.47 Å². The van der Waals surface area contributed by atoms with E-state index in [4.69, 9.17) is 14.5 Å².